The third kappa shape index (κ3) is 10.4. The van der Waals surface area contributed by atoms with E-state index < -0.39 is 0 Å². The lowest BCUT2D eigenvalue weighted by molar-refractivity contribution is -0.906. The van der Waals surface area contributed by atoms with Crippen molar-refractivity contribution in [2.24, 2.45) is 0 Å². The minimum absolute atomic E-state index is 0. The molecular formula is C30H46N2O4. The molecule has 0 bridgehead atoms. The Hall–Kier alpha value is -2.86. The standard InChI is InChI=1S/C29H42N2O4.CH3/c1-5-8-9-10-11-14-22-34-27-16-13-12-15-26(27)28(32)30-25-19-17-24(18-20-25)29(33)35-23-21-31(4,6-2)7-3;/h12-13,15-20H,5-11,14,21-23H2,1-4H3;1H3/q;-1/p+1. The Labute approximate surface area is 218 Å². The summed E-state index contributed by atoms with van der Waals surface area (Å²) in [5, 5.41) is 2.89. The third-order valence-electron chi connectivity index (χ3n) is 6.66. The molecule has 0 heterocycles. The Balaban J connectivity index is 0.00000648. The van der Waals surface area contributed by atoms with Gasteiger partial charge in [0.25, 0.3) is 5.91 Å². The number of amides is 1. The van der Waals surface area contributed by atoms with Crippen LogP contribution in [0.4, 0.5) is 5.69 Å². The highest BCUT2D eigenvalue weighted by molar-refractivity contribution is 6.06. The number of unbranched alkanes of at least 4 members (excludes halogenated alkanes) is 5. The van der Waals surface area contributed by atoms with Crippen molar-refractivity contribution in [2.45, 2.75) is 59.3 Å². The van der Waals surface area contributed by atoms with Crippen molar-refractivity contribution >= 4 is 17.6 Å². The molecule has 200 valence electrons. The SMILES string of the molecule is CCCCCCCCOc1ccccc1C(=O)Nc1ccc(C(=O)OCC[N+](C)(CC)CC)cc1.[CH3-]. The summed E-state index contributed by atoms with van der Waals surface area (Å²) >= 11 is 0. The quantitative estimate of drug-likeness (QED) is 0.120. The van der Waals surface area contributed by atoms with Gasteiger partial charge in [0, 0.05) is 5.69 Å². The molecule has 0 radical (unpaired) electrons. The molecule has 2 aromatic rings. The second-order valence-electron chi connectivity index (χ2n) is 9.26. The van der Waals surface area contributed by atoms with Gasteiger partial charge in [-0.25, -0.2) is 4.79 Å². The predicted molar refractivity (Wildman–Crippen MR) is 149 cm³/mol. The number of rotatable bonds is 16. The van der Waals surface area contributed by atoms with E-state index in [0.717, 1.165) is 37.0 Å². The van der Waals surface area contributed by atoms with Crippen molar-refractivity contribution in [3.05, 3.63) is 67.1 Å². The maximum atomic E-state index is 12.9. The van der Waals surface area contributed by atoms with Crippen LogP contribution in [0.15, 0.2) is 48.5 Å². The molecule has 0 spiro atoms. The topological polar surface area (TPSA) is 64.6 Å². The fourth-order valence-corrected chi connectivity index (χ4v) is 3.71. The minimum Gasteiger partial charge on any atom is -0.493 e. The number of ether oxygens (including phenoxy) is 2. The molecule has 0 aliphatic carbocycles. The smallest absolute Gasteiger partial charge is 0.338 e. The second-order valence-corrected chi connectivity index (χ2v) is 9.26. The van der Waals surface area contributed by atoms with E-state index in [-0.39, 0.29) is 19.3 Å². The van der Waals surface area contributed by atoms with Gasteiger partial charge >= 0.3 is 5.97 Å². The highest BCUT2D eigenvalue weighted by Gasteiger charge is 2.18. The maximum Gasteiger partial charge on any atom is 0.338 e. The largest absolute Gasteiger partial charge is 0.493 e. The number of esters is 1. The number of anilines is 1. The molecule has 1 amide bonds. The molecule has 0 aromatic heterocycles. The van der Waals surface area contributed by atoms with Crippen LogP contribution in [-0.2, 0) is 4.74 Å². The monoisotopic (exact) mass is 498 g/mol. The molecule has 0 aliphatic rings. The van der Waals surface area contributed by atoms with Crippen LogP contribution < -0.4 is 10.1 Å². The van der Waals surface area contributed by atoms with Crippen LogP contribution in [0.5, 0.6) is 5.75 Å². The van der Waals surface area contributed by atoms with E-state index in [1.165, 1.54) is 25.7 Å². The highest BCUT2D eigenvalue weighted by Crippen LogP contribution is 2.21. The van der Waals surface area contributed by atoms with Gasteiger partial charge in [-0.1, -0.05) is 51.2 Å². The third-order valence-corrected chi connectivity index (χ3v) is 6.66. The van der Waals surface area contributed by atoms with Gasteiger partial charge in [0.1, 0.15) is 18.9 Å². The second kappa shape index (κ2) is 16.7. The zero-order valence-corrected chi connectivity index (χ0v) is 23.0. The van der Waals surface area contributed by atoms with Crippen LogP contribution in [-0.4, -0.2) is 56.3 Å². The van der Waals surface area contributed by atoms with Crippen molar-refractivity contribution in [1.29, 1.82) is 0 Å². The summed E-state index contributed by atoms with van der Waals surface area (Å²) < 4.78 is 12.2. The van der Waals surface area contributed by atoms with E-state index in [2.05, 4.69) is 33.1 Å². The van der Waals surface area contributed by atoms with E-state index in [9.17, 15) is 9.59 Å². The van der Waals surface area contributed by atoms with E-state index >= 15 is 0 Å². The number of carbonyl (C=O) groups is 2. The molecule has 6 nitrogen and oxygen atoms in total. The number of quaternary nitrogens is 1. The molecule has 0 aliphatic heterocycles. The summed E-state index contributed by atoms with van der Waals surface area (Å²) in [7, 11) is 2.16. The first kappa shape index (κ1) is 31.2. The lowest BCUT2D eigenvalue weighted by Crippen LogP contribution is -2.46. The van der Waals surface area contributed by atoms with Gasteiger partial charge in [0.05, 0.1) is 37.9 Å². The first-order valence-corrected chi connectivity index (χ1v) is 13.1. The number of carbonyl (C=O) groups excluding carboxylic acids is 2. The number of hydrogen-bond acceptors (Lipinski definition) is 4. The van der Waals surface area contributed by atoms with Crippen LogP contribution in [0.25, 0.3) is 0 Å². The molecule has 1 N–H and O–H groups in total. The minimum atomic E-state index is -0.352. The fourth-order valence-electron chi connectivity index (χ4n) is 3.71. The number of likely N-dealkylation sites (N-methyl/N-ethyl adjacent to an activating group) is 1. The van der Waals surface area contributed by atoms with E-state index in [0.29, 0.717) is 35.8 Å². The Kier molecular flexibility index (Phi) is 14.5. The molecule has 0 fully saturated rings. The summed E-state index contributed by atoms with van der Waals surface area (Å²) in [5.74, 6) is -0.00607. The molecule has 0 saturated carbocycles. The highest BCUT2D eigenvalue weighted by atomic mass is 16.5. The maximum absolute atomic E-state index is 12.9. The lowest BCUT2D eigenvalue weighted by atomic mass is 10.1. The molecule has 6 heteroatoms. The first-order valence-electron chi connectivity index (χ1n) is 13.1. The van der Waals surface area contributed by atoms with Crippen molar-refractivity contribution in [1.82, 2.24) is 0 Å². The van der Waals surface area contributed by atoms with Gasteiger partial charge in [0.2, 0.25) is 0 Å². The molecule has 2 rings (SSSR count). The normalized spacial score (nSPS) is 10.9. The Morgan fingerprint density at radius 2 is 1.47 bits per heavy atom. The molecule has 0 atom stereocenters. The lowest BCUT2D eigenvalue weighted by Gasteiger charge is -2.31. The number of nitrogens with zero attached hydrogens (tertiary/aromatic N) is 1. The summed E-state index contributed by atoms with van der Waals surface area (Å²) in [5.41, 5.74) is 1.57. The number of para-hydroxylation sites is 1. The molecule has 0 saturated heterocycles. The number of nitrogens with one attached hydrogen (secondary N) is 1. The van der Waals surface area contributed by atoms with E-state index in [1.54, 1.807) is 30.3 Å². The summed E-state index contributed by atoms with van der Waals surface area (Å²) in [6.45, 7) is 10.2. The van der Waals surface area contributed by atoms with Crippen LogP contribution in [0.2, 0.25) is 0 Å². The van der Waals surface area contributed by atoms with Crippen molar-refractivity contribution in [3.8, 4) is 5.75 Å². The van der Waals surface area contributed by atoms with Gasteiger partial charge in [-0.15, -0.1) is 0 Å². The fraction of sp³-hybridized carbons (Fsp3) is 0.500. The first-order chi connectivity index (χ1) is 16.9. The van der Waals surface area contributed by atoms with Crippen LogP contribution in [0, 0.1) is 7.43 Å². The van der Waals surface area contributed by atoms with Crippen LogP contribution >= 0.6 is 0 Å². The summed E-state index contributed by atoms with van der Waals surface area (Å²) in [4.78, 5) is 25.2. The number of hydrogen-bond donors (Lipinski definition) is 1. The zero-order valence-electron chi connectivity index (χ0n) is 23.0. The van der Waals surface area contributed by atoms with Crippen LogP contribution in [0.3, 0.4) is 0 Å². The predicted octanol–water partition coefficient (Wildman–Crippen LogP) is 6.77. The van der Waals surface area contributed by atoms with E-state index in [4.69, 9.17) is 9.47 Å². The van der Waals surface area contributed by atoms with Crippen molar-refractivity contribution < 1.29 is 23.5 Å². The average Bonchev–Trinajstić information content (AvgIpc) is 2.88. The summed E-state index contributed by atoms with van der Waals surface area (Å²) in [6, 6.07) is 14.1. The number of benzene rings is 2. The average molecular weight is 499 g/mol. The Morgan fingerprint density at radius 1 is 0.833 bits per heavy atom. The Bertz CT molecular complexity index is 907. The Morgan fingerprint density at radius 3 is 2.14 bits per heavy atom. The zero-order chi connectivity index (χ0) is 25.5. The van der Waals surface area contributed by atoms with Gasteiger partial charge < -0.3 is 26.7 Å². The van der Waals surface area contributed by atoms with Gasteiger partial charge in [-0.3, -0.25) is 4.79 Å². The van der Waals surface area contributed by atoms with E-state index in [1.807, 2.05) is 18.2 Å². The molecule has 36 heavy (non-hydrogen) atoms. The van der Waals surface area contributed by atoms with Gasteiger partial charge in [-0.05, 0) is 56.7 Å². The molecule has 2 aromatic carbocycles. The van der Waals surface area contributed by atoms with Crippen molar-refractivity contribution in [2.75, 3.05) is 45.2 Å². The van der Waals surface area contributed by atoms with Gasteiger partial charge in [0.15, 0.2) is 0 Å². The summed E-state index contributed by atoms with van der Waals surface area (Å²) in [6.07, 6.45) is 7.12. The van der Waals surface area contributed by atoms with Gasteiger partial charge in [-0.2, -0.15) is 0 Å². The van der Waals surface area contributed by atoms with Crippen LogP contribution in [0.1, 0.15) is 80.0 Å². The molecular weight excluding hydrogens is 452 g/mol. The van der Waals surface area contributed by atoms with Crippen molar-refractivity contribution in [3.63, 3.8) is 0 Å². The molecule has 0 unspecified atom stereocenters.